The first-order chi connectivity index (χ1) is 6.34. The molecule has 0 atom stereocenters. The van der Waals surface area contributed by atoms with E-state index < -0.39 is 0 Å². The maximum Gasteiger partial charge on any atom is 0.284 e. The first-order valence-corrected chi connectivity index (χ1v) is 5.00. The highest BCUT2D eigenvalue weighted by Crippen LogP contribution is 2.16. The van der Waals surface area contributed by atoms with E-state index in [-0.39, 0.29) is 0 Å². The van der Waals surface area contributed by atoms with E-state index in [4.69, 9.17) is 16.6 Å². The lowest BCUT2D eigenvalue weighted by Gasteiger charge is -2.20. The van der Waals surface area contributed by atoms with E-state index in [1.54, 1.807) is 0 Å². The van der Waals surface area contributed by atoms with E-state index in [9.17, 15) is 0 Å². The Hall–Kier alpha value is -0.680. The summed E-state index contributed by atoms with van der Waals surface area (Å²) in [4.78, 5) is 0.379. The molecule has 1 saturated heterocycles. The molecule has 5 heteroatoms. The molecule has 1 aliphatic rings. The Balaban J connectivity index is 1.93. The second kappa shape index (κ2) is 4.02. The van der Waals surface area contributed by atoms with Gasteiger partial charge in [0.05, 0.1) is 0 Å². The third-order valence-corrected chi connectivity index (χ3v) is 2.58. The zero-order valence-corrected chi connectivity index (χ0v) is 8.19. The normalized spacial score (nSPS) is 19.1. The monoisotopic (exact) mass is 199 g/mol. The minimum absolute atomic E-state index is 0.379. The van der Waals surface area contributed by atoms with E-state index in [1.807, 2.05) is 0 Å². The van der Waals surface area contributed by atoms with Crippen molar-refractivity contribution in [3.05, 3.63) is 10.7 Å². The van der Waals surface area contributed by atoms with Gasteiger partial charge in [-0.3, -0.25) is 0 Å². The van der Waals surface area contributed by atoms with Gasteiger partial charge >= 0.3 is 0 Å². The topological polar surface area (TPSA) is 53.9 Å². The Morgan fingerprint density at radius 1 is 1.46 bits per heavy atom. The van der Waals surface area contributed by atoms with E-state index in [1.165, 1.54) is 12.8 Å². The summed E-state index contributed by atoms with van der Waals surface area (Å²) in [6.45, 7) is 2.21. The minimum atomic E-state index is 0.379. The Morgan fingerprint density at radius 3 is 2.85 bits per heavy atom. The van der Waals surface area contributed by atoms with Crippen LogP contribution in [0.3, 0.4) is 0 Å². The highest BCUT2D eigenvalue weighted by molar-refractivity contribution is 7.71. The lowest BCUT2D eigenvalue weighted by molar-refractivity contribution is 0.340. The number of piperidine rings is 1. The van der Waals surface area contributed by atoms with Crippen molar-refractivity contribution < 1.29 is 4.42 Å². The van der Waals surface area contributed by atoms with Crippen molar-refractivity contribution in [1.29, 1.82) is 0 Å². The minimum Gasteiger partial charge on any atom is -0.414 e. The Labute approximate surface area is 81.7 Å². The Morgan fingerprint density at radius 2 is 2.23 bits per heavy atom. The van der Waals surface area contributed by atoms with Crippen LogP contribution in [0.25, 0.3) is 0 Å². The van der Waals surface area contributed by atoms with Gasteiger partial charge in [-0.15, -0.1) is 5.10 Å². The quantitative estimate of drug-likeness (QED) is 0.704. The Bertz CT molecular complexity index is 313. The maximum absolute atomic E-state index is 5.21. The van der Waals surface area contributed by atoms with Crippen molar-refractivity contribution in [3.63, 3.8) is 0 Å². The summed E-state index contributed by atoms with van der Waals surface area (Å²) in [5.74, 6) is 1.44. The zero-order valence-electron chi connectivity index (χ0n) is 7.38. The molecule has 1 aliphatic heterocycles. The average molecular weight is 199 g/mol. The van der Waals surface area contributed by atoms with Gasteiger partial charge in [0.1, 0.15) is 0 Å². The molecular weight excluding hydrogens is 186 g/mol. The predicted octanol–water partition coefficient (Wildman–Crippen LogP) is 1.27. The van der Waals surface area contributed by atoms with Crippen molar-refractivity contribution >= 4 is 12.2 Å². The molecule has 0 unspecified atom stereocenters. The first kappa shape index (κ1) is 8.90. The molecule has 0 aliphatic carbocycles. The van der Waals surface area contributed by atoms with Gasteiger partial charge in [0.2, 0.25) is 5.89 Å². The van der Waals surface area contributed by atoms with Crippen LogP contribution in [0.15, 0.2) is 4.42 Å². The van der Waals surface area contributed by atoms with E-state index >= 15 is 0 Å². The van der Waals surface area contributed by atoms with Crippen LogP contribution >= 0.6 is 12.2 Å². The standard InChI is InChI=1S/C8H13N3OS/c13-8-11-10-7(12-8)5-6-1-3-9-4-2-6/h6,9H,1-5H2,(H,11,13). The molecule has 2 heterocycles. The molecule has 0 spiro atoms. The molecule has 0 aromatic carbocycles. The van der Waals surface area contributed by atoms with Gasteiger partial charge in [-0.1, -0.05) is 0 Å². The lowest BCUT2D eigenvalue weighted by Crippen LogP contribution is -2.28. The summed E-state index contributed by atoms with van der Waals surface area (Å²) < 4.78 is 5.21. The van der Waals surface area contributed by atoms with Gasteiger partial charge in [-0.25, -0.2) is 5.10 Å². The number of aromatic amines is 1. The molecule has 2 N–H and O–H groups in total. The predicted molar refractivity (Wildman–Crippen MR) is 51.0 cm³/mol. The van der Waals surface area contributed by atoms with Crippen LogP contribution in [-0.2, 0) is 6.42 Å². The van der Waals surface area contributed by atoms with Crippen LogP contribution in [0.4, 0.5) is 0 Å². The number of aromatic nitrogens is 2. The molecule has 0 bridgehead atoms. The second-order valence-electron chi connectivity index (χ2n) is 3.40. The number of hydrogen-bond acceptors (Lipinski definition) is 4. The van der Waals surface area contributed by atoms with Crippen molar-refractivity contribution in [3.8, 4) is 0 Å². The largest absolute Gasteiger partial charge is 0.414 e. The highest BCUT2D eigenvalue weighted by Gasteiger charge is 2.15. The van der Waals surface area contributed by atoms with Gasteiger partial charge in [0.15, 0.2) is 0 Å². The summed E-state index contributed by atoms with van der Waals surface area (Å²) in [5.41, 5.74) is 0. The van der Waals surface area contributed by atoms with Crippen LogP contribution in [0.5, 0.6) is 0 Å². The van der Waals surface area contributed by atoms with Gasteiger partial charge in [0, 0.05) is 6.42 Å². The van der Waals surface area contributed by atoms with Crippen molar-refractivity contribution in [1.82, 2.24) is 15.5 Å². The molecule has 1 aromatic rings. The molecule has 72 valence electrons. The number of nitrogens with zero attached hydrogens (tertiary/aromatic N) is 1. The first-order valence-electron chi connectivity index (χ1n) is 4.59. The van der Waals surface area contributed by atoms with Gasteiger partial charge in [0.25, 0.3) is 4.84 Å². The zero-order chi connectivity index (χ0) is 9.10. The van der Waals surface area contributed by atoms with E-state index in [2.05, 4.69) is 15.5 Å². The molecular formula is C8H13N3OS. The van der Waals surface area contributed by atoms with Crippen LogP contribution in [0, 0.1) is 10.8 Å². The average Bonchev–Trinajstić information content (AvgIpc) is 2.53. The van der Waals surface area contributed by atoms with E-state index in [0.29, 0.717) is 10.8 Å². The summed E-state index contributed by atoms with van der Waals surface area (Å²) >= 11 is 4.80. The fourth-order valence-electron chi connectivity index (χ4n) is 1.68. The maximum atomic E-state index is 5.21. The summed E-state index contributed by atoms with van der Waals surface area (Å²) in [6.07, 6.45) is 3.32. The summed E-state index contributed by atoms with van der Waals surface area (Å²) in [5, 5.41) is 9.96. The molecule has 1 aromatic heterocycles. The Kier molecular flexibility index (Phi) is 2.75. The second-order valence-corrected chi connectivity index (χ2v) is 3.78. The van der Waals surface area contributed by atoms with Crippen LogP contribution in [-0.4, -0.2) is 23.3 Å². The molecule has 0 amide bonds. The molecule has 1 fully saturated rings. The third-order valence-electron chi connectivity index (χ3n) is 2.40. The summed E-state index contributed by atoms with van der Waals surface area (Å²) in [6, 6.07) is 0. The highest BCUT2D eigenvalue weighted by atomic mass is 32.1. The molecule has 4 nitrogen and oxygen atoms in total. The summed E-state index contributed by atoms with van der Waals surface area (Å²) in [7, 11) is 0. The van der Waals surface area contributed by atoms with Crippen LogP contribution < -0.4 is 5.32 Å². The molecule has 0 radical (unpaired) electrons. The third kappa shape index (κ3) is 2.38. The van der Waals surface area contributed by atoms with Crippen LogP contribution in [0.1, 0.15) is 18.7 Å². The molecule has 13 heavy (non-hydrogen) atoms. The lowest BCUT2D eigenvalue weighted by atomic mass is 9.95. The smallest absolute Gasteiger partial charge is 0.284 e. The number of H-pyrrole nitrogens is 1. The van der Waals surface area contributed by atoms with Gasteiger partial charge < -0.3 is 9.73 Å². The van der Waals surface area contributed by atoms with Crippen molar-refractivity contribution in [2.45, 2.75) is 19.3 Å². The van der Waals surface area contributed by atoms with Crippen molar-refractivity contribution in [2.24, 2.45) is 5.92 Å². The SMILES string of the molecule is S=c1[nH]nc(CC2CCNCC2)o1. The molecule has 2 rings (SSSR count). The van der Waals surface area contributed by atoms with Gasteiger partial charge in [-0.05, 0) is 44.1 Å². The number of hydrogen-bond donors (Lipinski definition) is 2. The van der Waals surface area contributed by atoms with Gasteiger partial charge in [-0.2, -0.15) is 0 Å². The van der Waals surface area contributed by atoms with E-state index in [0.717, 1.165) is 25.4 Å². The van der Waals surface area contributed by atoms with Crippen LogP contribution in [0.2, 0.25) is 0 Å². The van der Waals surface area contributed by atoms with Crippen molar-refractivity contribution in [2.75, 3.05) is 13.1 Å². The number of nitrogens with one attached hydrogen (secondary N) is 2. The fourth-order valence-corrected chi connectivity index (χ4v) is 1.82. The number of rotatable bonds is 2. The fraction of sp³-hybridized carbons (Fsp3) is 0.750. The molecule has 0 saturated carbocycles.